The SMILES string of the molecule is CC(C)OCC(=O)NCC(CNC(=O)COC(C)(C)C)CN(C)C. The van der Waals surface area contributed by atoms with Gasteiger partial charge in [0.25, 0.3) is 0 Å². The zero-order chi connectivity index (χ0) is 18.8. The topological polar surface area (TPSA) is 79.9 Å². The van der Waals surface area contributed by atoms with E-state index in [0.717, 1.165) is 6.54 Å². The maximum atomic E-state index is 11.8. The third-order valence-electron chi connectivity index (χ3n) is 2.98. The molecule has 7 heteroatoms. The van der Waals surface area contributed by atoms with Gasteiger partial charge in [0.2, 0.25) is 11.8 Å². The van der Waals surface area contributed by atoms with Crippen LogP contribution < -0.4 is 10.6 Å². The van der Waals surface area contributed by atoms with Crippen molar-refractivity contribution in [1.29, 1.82) is 0 Å². The average Bonchev–Trinajstić information content (AvgIpc) is 2.44. The largest absolute Gasteiger partial charge is 0.369 e. The molecule has 0 radical (unpaired) electrons. The molecule has 0 aliphatic carbocycles. The molecule has 0 aromatic carbocycles. The van der Waals surface area contributed by atoms with E-state index in [1.54, 1.807) is 0 Å². The van der Waals surface area contributed by atoms with E-state index >= 15 is 0 Å². The number of hydrogen-bond acceptors (Lipinski definition) is 5. The fraction of sp³-hybridized carbons (Fsp3) is 0.882. The Balaban J connectivity index is 4.22. The molecule has 7 nitrogen and oxygen atoms in total. The molecular formula is C17H35N3O4. The summed E-state index contributed by atoms with van der Waals surface area (Å²) in [5, 5.41) is 5.71. The summed E-state index contributed by atoms with van der Waals surface area (Å²) in [6.45, 7) is 11.3. The van der Waals surface area contributed by atoms with Crippen molar-refractivity contribution >= 4 is 11.8 Å². The normalized spacial score (nSPS) is 13.2. The molecule has 24 heavy (non-hydrogen) atoms. The summed E-state index contributed by atoms with van der Waals surface area (Å²) in [7, 11) is 3.92. The number of rotatable bonds is 11. The summed E-state index contributed by atoms with van der Waals surface area (Å²) >= 11 is 0. The van der Waals surface area contributed by atoms with Crippen LogP contribution in [-0.4, -0.2) is 75.4 Å². The van der Waals surface area contributed by atoms with Crippen LogP contribution in [0.25, 0.3) is 0 Å². The summed E-state index contributed by atoms with van der Waals surface area (Å²) in [5.74, 6) is -0.181. The smallest absolute Gasteiger partial charge is 0.246 e. The molecule has 0 fully saturated rings. The van der Waals surface area contributed by atoms with Gasteiger partial charge in [-0.2, -0.15) is 0 Å². The van der Waals surface area contributed by atoms with Crippen LogP contribution in [0.4, 0.5) is 0 Å². The number of ether oxygens (including phenoxy) is 2. The lowest BCUT2D eigenvalue weighted by molar-refractivity contribution is -0.130. The maximum Gasteiger partial charge on any atom is 0.246 e. The van der Waals surface area contributed by atoms with Gasteiger partial charge in [-0.3, -0.25) is 9.59 Å². The molecular weight excluding hydrogens is 310 g/mol. The zero-order valence-corrected chi connectivity index (χ0v) is 16.3. The van der Waals surface area contributed by atoms with Crippen LogP contribution in [-0.2, 0) is 19.1 Å². The van der Waals surface area contributed by atoms with Gasteiger partial charge in [-0.05, 0) is 48.7 Å². The molecule has 0 aromatic heterocycles. The predicted octanol–water partition coefficient (Wildman–Crippen LogP) is 0.637. The molecule has 0 rings (SSSR count). The average molecular weight is 345 g/mol. The lowest BCUT2D eigenvalue weighted by Gasteiger charge is -2.23. The Morgan fingerprint density at radius 1 is 1.00 bits per heavy atom. The summed E-state index contributed by atoms with van der Waals surface area (Å²) < 4.78 is 10.7. The van der Waals surface area contributed by atoms with Crippen LogP contribution in [0.15, 0.2) is 0 Å². The fourth-order valence-corrected chi connectivity index (χ4v) is 1.86. The molecule has 0 aliphatic rings. The minimum atomic E-state index is -0.342. The lowest BCUT2D eigenvalue weighted by atomic mass is 10.1. The molecule has 2 N–H and O–H groups in total. The molecule has 2 amide bonds. The van der Waals surface area contributed by atoms with Gasteiger partial charge in [0.05, 0.1) is 11.7 Å². The fourth-order valence-electron chi connectivity index (χ4n) is 1.86. The second-order valence-corrected chi connectivity index (χ2v) is 7.50. The third-order valence-corrected chi connectivity index (χ3v) is 2.98. The molecule has 1 unspecified atom stereocenters. The number of amides is 2. The second kappa shape index (κ2) is 11.4. The maximum absolute atomic E-state index is 11.8. The molecule has 0 saturated heterocycles. The number of nitrogens with one attached hydrogen (secondary N) is 2. The highest BCUT2D eigenvalue weighted by atomic mass is 16.5. The van der Waals surface area contributed by atoms with E-state index in [0.29, 0.717) is 13.1 Å². The van der Waals surface area contributed by atoms with Crippen molar-refractivity contribution in [1.82, 2.24) is 15.5 Å². The number of carbonyl (C=O) groups excluding carboxylic acids is 2. The van der Waals surface area contributed by atoms with Crippen LogP contribution in [0.2, 0.25) is 0 Å². The van der Waals surface area contributed by atoms with Crippen molar-refractivity contribution in [2.24, 2.45) is 5.92 Å². The van der Waals surface area contributed by atoms with Crippen molar-refractivity contribution in [2.45, 2.75) is 46.3 Å². The Labute approximate surface area is 146 Å². The van der Waals surface area contributed by atoms with Crippen molar-refractivity contribution in [3.05, 3.63) is 0 Å². The Hall–Kier alpha value is -1.18. The molecule has 0 aromatic rings. The van der Waals surface area contributed by atoms with E-state index in [9.17, 15) is 9.59 Å². The Kier molecular flexibility index (Phi) is 10.8. The molecule has 0 spiro atoms. The summed E-state index contributed by atoms with van der Waals surface area (Å²) in [6, 6.07) is 0. The van der Waals surface area contributed by atoms with Gasteiger partial charge in [0.15, 0.2) is 0 Å². The molecule has 0 heterocycles. The van der Waals surface area contributed by atoms with E-state index in [1.165, 1.54) is 0 Å². The Bertz CT molecular complexity index is 379. The number of carbonyl (C=O) groups is 2. The van der Waals surface area contributed by atoms with Gasteiger partial charge in [0, 0.05) is 25.6 Å². The van der Waals surface area contributed by atoms with E-state index in [4.69, 9.17) is 9.47 Å². The first kappa shape index (κ1) is 22.8. The monoisotopic (exact) mass is 345 g/mol. The van der Waals surface area contributed by atoms with Crippen LogP contribution >= 0.6 is 0 Å². The van der Waals surface area contributed by atoms with Crippen molar-refractivity contribution in [3.8, 4) is 0 Å². The van der Waals surface area contributed by atoms with Gasteiger partial charge in [0.1, 0.15) is 13.2 Å². The predicted molar refractivity (Wildman–Crippen MR) is 94.9 cm³/mol. The quantitative estimate of drug-likeness (QED) is 0.574. The van der Waals surface area contributed by atoms with Crippen LogP contribution in [0.5, 0.6) is 0 Å². The van der Waals surface area contributed by atoms with Gasteiger partial charge in [-0.25, -0.2) is 0 Å². The van der Waals surface area contributed by atoms with E-state index in [1.807, 2.05) is 53.6 Å². The van der Waals surface area contributed by atoms with E-state index in [2.05, 4.69) is 10.6 Å². The van der Waals surface area contributed by atoms with E-state index < -0.39 is 0 Å². The second-order valence-electron chi connectivity index (χ2n) is 7.50. The lowest BCUT2D eigenvalue weighted by Crippen LogP contribution is -2.43. The first-order valence-corrected chi connectivity index (χ1v) is 8.43. The molecule has 0 bridgehead atoms. The van der Waals surface area contributed by atoms with Gasteiger partial charge in [-0.1, -0.05) is 0 Å². The minimum absolute atomic E-state index is 0.0235. The molecule has 0 saturated carbocycles. The highest BCUT2D eigenvalue weighted by molar-refractivity contribution is 5.77. The third kappa shape index (κ3) is 14.4. The van der Waals surface area contributed by atoms with Crippen molar-refractivity contribution in [2.75, 3.05) is 46.9 Å². The first-order chi connectivity index (χ1) is 11.0. The summed E-state index contributed by atoms with van der Waals surface area (Å²) in [6.07, 6.45) is 0.0235. The molecule has 0 aliphatic heterocycles. The molecule has 142 valence electrons. The van der Waals surface area contributed by atoms with Crippen LogP contribution in [0.1, 0.15) is 34.6 Å². The molecule has 1 atom stereocenters. The van der Waals surface area contributed by atoms with Gasteiger partial charge in [-0.15, -0.1) is 0 Å². The van der Waals surface area contributed by atoms with Crippen LogP contribution in [0.3, 0.4) is 0 Å². The van der Waals surface area contributed by atoms with Gasteiger partial charge >= 0.3 is 0 Å². The highest BCUT2D eigenvalue weighted by Gasteiger charge is 2.16. The Morgan fingerprint density at radius 3 is 1.92 bits per heavy atom. The van der Waals surface area contributed by atoms with Crippen molar-refractivity contribution < 1.29 is 19.1 Å². The highest BCUT2D eigenvalue weighted by Crippen LogP contribution is 2.05. The Morgan fingerprint density at radius 2 is 1.50 bits per heavy atom. The van der Waals surface area contributed by atoms with Gasteiger partial charge < -0.3 is 25.0 Å². The van der Waals surface area contributed by atoms with Crippen molar-refractivity contribution in [3.63, 3.8) is 0 Å². The summed E-state index contributed by atoms with van der Waals surface area (Å²) in [5.41, 5.74) is -0.342. The summed E-state index contributed by atoms with van der Waals surface area (Å²) in [4.78, 5) is 25.6. The van der Waals surface area contributed by atoms with E-state index in [-0.39, 0.29) is 42.7 Å². The standard InChI is InChI=1S/C17H35N3O4/c1-13(2)23-11-15(21)18-8-14(10-20(6)7)9-19-16(22)12-24-17(3,4)5/h13-14H,8-12H2,1-7H3,(H,18,21)(H,19,22). The first-order valence-electron chi connectivity index (χ1n) is 8.43. The number of hydrogen-bond donors (Lipinski definition) is 2. The minimum Gasteiger partial charge on any atom is -0.369 e. The van der Waals surface area contributed by atoms with Crippen LogP contribution in [0, 0.1) is 5.92 Å². The number of nitrogens with zero attached hydrogens (tertiary/aromatic N) is 1. The zero-order valence-electron chi connectivity index (χ0n) is 16.3.